The molecule has 0 saturated carbocycles. The van der Waals surface area contributed by atoms with Crippen LogP contribution in [-0.4, -0.2) is 4.99 Å². The van der Waals surface area contributed by atoms with Crippen molar-refractivity contribution in [3.63, 3.8) is 0 Å². The van der Waals surface area contributed by atoms with Crippen LogP contribution in [0.4, 0.5) is 0 Å². The van der Waals surface area contributed by atoms with E-state index in [0.717, 1.165) is 18.8 Å². The lowest BCUT2D eigenvalue weighted by Gasteiger charge is -2.01. The molecule has 0 rings (SSSR count). The number of thiocarbonyl (C=S) groups is 1. The van der Waals surface area contributed by atoms with Crippen molar-refractivity contribution in [2.45, 2.75) is 85.1 Å². The molecule has 0 heterocycles. The van der Waals surface area contributed by atoms with E-state index in [-0.39, 0.29) is 52.0 Å². The Hall–Kier alpha value is -0.110. The molecule has 0 aromatic heterocycles. The first kappa shape index (κ1) is 56.6. The van der Waals surface area contributed by atoms with Crippen LogP contribution in [0.5, 0.6) is 0 Å². The molecule has 16 heavy (non-hydrogen) atoms. The smallest absolute Gasteiger partial charge is 0.0727 e. The van der Waals surface area contributed by atoms with Crippen LogP contribution < -0.4 is 5.73 Å². The normalized spacial score (nSPS) is 5.69. The fourth-order valence-electron chi connectivity index (χ4n) is 0.685. The molecule has 0 aromatic carbocycles. The second-order valence-electron chi connectivity index (χ2n) is 2.75. The largest absolute Gasteiger partial charge is 0.393 e. The van der Waals surface area contributed by atoms with Gasteiger partial charge in [0, 0.05) is 0 Å². The van der Waals surface area contributed by atoms with Crippen molar-refractivity contribution in [3.05, 3.63) is 0 Å². The highest BCUT2D eigenvalue weighted by Crippen LogP contribution is 2.05. The summed E-state index contributed by atoms with van der Waals surface area (Å²) in [5.41, 5.74) is 5.31. The molecular weight excluding hydrogens is 214 g/mol. The van der Waals surface area contributed by atoms with Gasteiger partial charge in [0.05, 0.1) is 4.99 Å². The Kier molecular flexibility index (Phi) is 129. The first-order valence-electron chi connectivity index (χ1n) is 3.41. The van der Waals surface area contributed by atoms with Gasteiger partial charge in [0.15, 0.2) is 0 Å². The molecule has 0 bridgehead atoms. The van der Waals surface area contributed by atoms with Gasteiger partial charge in [-0.15, -0.1) is 0 Å². The zero-order valence-corrected chi connectivity index (χ0v) is 7.00. The monoisotopic (exact) mass is 257 g/mol. The van der Waals surface area contributed by atoms with Gasteiger partial charge in [-0.2, -0.15) is 0 Å². The van der Waals surface area contributed by atoms with E-state index in [1.165, 1.54) is 6.42 Å². The molecule has 0 aromatic rings. The summed E-state index contributed by atoms with van der Waals surface area (Å²) < 4.78 is 0. The van der Waals surface area contributed by atoms with E-state index >= 15 is 0 Å². The Labute approximate surface area is 114 Å². The van der Waals surface area contributed by atoms with Crippen molar-refractivity contribution < 1.29 is 0 Å². The Morgan fingerprint density at radius 1 is 0.938 bits per heavy atom. The summed E-state index contributed by atoms with van der Waals surface area (Å²) in [5, 5.41) is 0. The predicted molar refractivity (Wildman–Crippen MR) is 92.6 cm³/mol. The van der Waals surface area contributed by atoms with Crippen LogP contribution in [-0.2, 0) is 0 Å². The molecule has 0 aliphatic carbocycles. The average molecular weight is 258 g/mol. The molecule has 0 fully saturated rings. The second-order valence-corrected chi connectivity index (χ2v) is 3.28. The highest BCUT2D eigenvalue weighted by atomic mass is 32.1. The summed E-state index contributed by atoms with van der Waals surface area (Å²) in [7, 11) is 0. The fraction of sp³-hybridized carbons (Fsp3) is 0.929. The number of rotatable bonds is 4. The van der Waals surface area contributed by atoms with Crippen LogP contribution in [0, 0.1) is 5.92 Å². The molecule has 2 N–H and O–H groups in total. The van der Waals surface area contributed by atoms with E-state index in [4.69, 9.17) is 18.0 Å². The van der Waals surface area contributed by atoms with Gasteiger partial charge in [0.2, 0.25) is 0 Å². The summed E-state index contributed by atoms with van der Waals surface area (Å²) in [6.07, 6.45) is 3.29. The Balaban J connectivity index is -0.0000000152. The molecule has 0 aliphatic rings. The third-order valence-electron chi connectivity index (χ3n) is 1.20. The highest BCUT2D eigenvalue weighted by Gasteiger charge is 1.93. The third-order valence-corrected chi connectivity index (χ3v) is 1.41. The standard InChI is InChI=1S/C7H15NS.7CH4/c1-6(2)4-3-5-7(8)9;;;;;;;/h6H,3-5H2,1-2H3,(H2,8,9);7*1H4. The van der Waals surface area contributed by atoms with Crippen molar-refractivity contribution >= 4 is 17.2 Å². The van der Waals surface area contributed by atoms with E-state index in [1.54, 1.807) is 0 Å². The maximum atomic E-state index is 5.31. The predicted octanol–water partition coefficient (Wildman–Crippen LogP) is 6.55. The molecule has 0 radical (unpaired) electrons. The minimum atomic E-state index is 0. The van der Waals surface area contributed by atoms with E-state index in [2.05, 4.69) is 13.8 Å². The van der Waals surface area contributed by atoms with E-state index in [1.807, 2.05) is 0 Å². The van der Waals surface area contributed by atoms with Crippen molar-refractivity contribution in [3.8, 4) is 0 Å². The lowest BCUT2D eigenvalue weighted by Crippen LogP contribution is -2.07. The maximum absolute atomic E-state index is 5.31. The zero-order chi connectivity index (χ0) is 7.28. The minimum Gasteiger partial charge on any atom is -0.393 e. The number of hydrogen-bond acceptors (Lipinski definition) is 1. The molecule has 0 atom stereocenters. The topological polar surface area (TPSA) is 26.0 Å². The van der Waals surface area contributed by atoms with Crippen LogP contribution in [0.2, 0.25) is 0 Å². The molecular formula is C14H43NS. The van der Waals surface area contributed by atoms with Gasteiger partial charge in [-0.1, -0.05) is 84.5 Å². The molecule has 0 saturated heterocycles. The van der Waals surface area contributed by atoms with Crippen molar-refractivity contribution in [2.24, 2.45) is 11.7 Å². The van der Waals surface area contributed by atoms with E-state index in [9.17, 15) is 0 Å². The van der Waals surface area contributed by atoms with Gasteiger partial charge >= 0.3 is 0 Å². The van der Waals surface area contributed by atoms with Crippen LogP contribution in [0.25, 0.3) is 0 Å². The minimum absolute atomic E-state index is 0. The maximum Gasteiger partial charge on any atom is 0.0727 e. The summed E-state index contributed by atoms with van der Waals surface area (Å²) in [6, 6.07) is 0. The van der Waals surface area contributed by atoms with Crippen molar-refractivity contribution in [1.82, 2.24) is 0 Å². The van der Waals surface area contributed by atoms with Crippen molar-refractivity contribution in [1.29, 1.82) is 0 Å². The summed E-state index contributed by atoms with van der Waals surface area (Å²) in [6.45, 7) is 4.42. The zero-order valence-electron chi connectivity index (χ0n) is 6.18. The number of hydrogen-bond donors (Lipinski definition) is 1. The lowest BCUT2D eigenvalue weighted by atomic mass is 10.1. The Morgan fingerprint density at radius 2 is 1.25 bits per heavy atom. The van der Waals surface area contributed by atoms with Gasteiger partial charge in [-0.05, 0) is 18.8 Å². The summed E-state index contributed by atoms with van der Waals surface area (Å²) in [4.78, 5) is 0.649. The first-order valence-corrected chi connectivity index (χ1v) is 3.82. The van der Waals surface area contributed by atoms with Crippen LogP contribution in [0.3, 0.4) is 0 Å². The molecule has 110 valence electrons. The van der Waals surface area contributed by atoms with Crippen LogP contribution in [0.1, 0.15) is 85.1 Å². The quantitative estimate of drug-likeness (QED) is 0.578. The van der Waals surface area contributed by atoms with E-state index < -0.39 is 0 Å². The second kappa shape index (κ2) is 36.3. The Bertz CT molecular complexity index is 90.7. The fourth-order valence-corrected chi connectivity index (χ4v) is 0.829. The molecule has 1 nitrogen and oxygen atoms in total. The lowest BCUT2D eigenvalue weighted by molar-refractivity contribution is 0.565. The van der Waals surface area contributed by atoms with Gasteiger partial charge in [-0.3, -0.25) is 0 Å². The SMILES string of the molecule is C.C.C.C.C.C.C.CC(C)CCCC(N)=S. The summed E-state index contributed by atoms with van der Waals surface area (Å²) in [5.74, 6) is 0.777. The summed E-state index contributed by atoms with van der Waals surface area (Å²) >= 11 is 4.73. The Morgan fingerprint density at radius 3 is 1.44 bits per heavy atom. The number of nitrogens with two attached hydrogens (primary N) is 1. The molecule has 0 amide bonds. The third kappa shape index (κ3) is 66.5. The van der Waals surface area contributed by atoms with Gasteiger partial charge < -0.3 is 5.73 Å². The first-order chi connectivity index (χ1) is 4.13. The molecule has 0 unspecified atom stereocenters. The van der Waals surface area contributed by atoms with E-state index in [0.29, 0.717) is 4.99 Å². The highest BCUT2D eigenvalue weighted by molar-refractivity contribution is 7.80. The van der Waals surface area contributed by atoms with Crippen LogP contribution in [0.15, 0.2) is 0 Å². The van der Waals surface area contributed by atoms with Crippen molar-refractivity contribution in [2.75, 3.05) is 0 Å². The van der Waals surface area contributed by atoms with Crippen LogP contribution >= 0.6 is 12.2 Å². The van der Waals surface area contributed by atoms with Gasteiger partial charge in [0.1, 0.15) is 0 Å². The average Bonchev–Trinajstić information content (AvgIpc) is 1.63. The molecule has 2 heteroatoms. The van der Waals surface area contributed by atoms with Gasteiger partial charge in [0.25, 0.3) is 0 Å². The van der Waals surface area contributed by atoms with Gasteiger partial charge in [-0.25, -0.2) is 0 Å². The molecule has 0 aliphatic heterocycles. The molecule has 0 spiro atoms.